The number of esters is 1. The summed E-state index contributed by atoms with van der Waals surface area (Å²) in [7, 11) is 0. The molecule has 43 heavy (non-hydrogen) atoms. The lowest BCUT2D eigenvalue weighted by molar-refractivity contribution is -0.139. The van der Waals surface area contributed by atoms with Gasteiger partial charge in [0.1, 0.15) is 18.1 Å². The monoisotopic (exact) mass is 636 g/mol. The molecule has 7 nitrogen and oxygen atoms in total. The normalized spacial score (nSPS) is 14.9. The highest BCUT2D eigenvalue weighted by Crippen LogP contribution is 2.32. The molecule has 2 heterocycles. The molecule has 0 radical (unpaired) electrons. The Balaban J connectivity index is 1.48. The number of fused-ring (bicyclic) bond motifs is 1. The van der Waals surface area contributed by atoms with Crippen molar-refractivity contribution in [3.63, 3.8) is 0 Å². The first-order valence-corrected chi connectivity index (χ1v) is 15.3. The summed E-state index contributed by atoms with van der Waals surface area (Å²) in [5, 5.41) is 1.11. The van der Waals surface area contributed by atoms with Crippen molar-refractivity contribution < 1.29 is 19.0 Å². The Labute approximate surface area is 263 Å². The summed E-state index contributed by atoms with van der Waals surface area (Å²) in [6.07, 6.45) is 1.83. The van der Waals surface area contributed by atoms with Gasteiger partial charge in [-0.15, -0.1) is 0 Å². The molecule has 1 aliphatic rings. The van der Waals surface area contributed by atoms with Crippen molar-refractivity contribution in [2.75, 3.05) is 6.61 Å². The van der Waals surface area contributed by atoms with Crippen LogP contribution >= 0.6 is 34.5 Å². The highest BCUT2D eigenvalue weighted by molar-refractivity contribution is 7.07. The maximum absolute atomic E-state index is 13.9. The second kappa shape index (κ2) is 13.2. The van der Waals surface area contributed by atoms with E-state index in [0.717, 1.165) is 16.7 Å². The standard InChI is InChI=1S/C33H30Cl2N2O5S/c1-5-40-32(39)29-20(4)36-33-37(30(29)22-9-14-26(15-10-22)42-19(2)3)31(38)28(43-33)16-21-6-12-25(13-7-21)41-18-23-8-11-24(34)17-27(23)35/h6-17,19,30H,5,18H2,1-4H3/b28-16-/t30-/m1/s1. The van der Waals surface area contributed by atoms with Crippen LogP contribution in [0.3, 0.4) is 0 Å². The molecular formula is C33H30Cl2N2O5S. The molecule has 3 aromatic carbocycles. The van der Waals surface area contributed by atoms with Crippen molar-refractivity contribution in [2.24, 2.45) is 4.99 Å². The van der Waals surface area contributed by atoms with Crippen LogP contribution in [0, 0.1) is 0 Å². The highest BCUT2D eigenvalue weighted by atomic mass is 35.5. The molecule has 0 amide bonds. The van der Waals surface area contributed by atoms with Gasteiger partial charge in [-0.25, -0.2) is 9.79 Å². The lowest BCUT2D eigenvalue weighted by atomic mass is 9.96. The van der Waals surface area contributed by atoms with Crippen molar-refractivity contribution in [3.8, 4) is 11.5 Å². The number of allylic oxidation sites excluding steroid dienone is 1. The number of halogens is 2. The van der Waals surface area contributed by atoms with Crippen LogP contribution in [0.2, 0.25) is 10.0 Å². The Morgan fingerprint density at radius 3 is 2.40 bits per heavy atom. The van der Waals surface area contributed by atoms with Crippen LogP contribution in [0.25, 0.3) is 6.08 Å². The van der Waals surface area contributed by atoms with Gasteiger partial charge >= 0.3 is 5.97 Å². The van der Waals surface area contributed by atoms with Crippen molar-refractivity contribution in [2.45, 2.75) is 46.4 Å². The second-order valence-electron chi connectivity index (χ2n) is 10.1. The maximum atomic E-state index is 13.9. The summed E-state index contributed by atoms with van der Waals surface area (Å²) >= 11 is 13.5. The Hall–Kier alpha value is -3.85. The largest absolute Gasteiger partial charge is 0.491 e. The van der Waals surface area contributed by atoms with Gasteiger partial charge in [0, 0.05) is 15.6 Å². The summed E-state index contributed by atoms with van der Waals surface area (Å²) in [4.78, 5) is 32.1. The molecule has 5 rings (SSSR count). The molecule has 4 aromatic rings. The number of hydrogen-bond acceptors (Lipinski definition) is 7. The minimum atomic E-state index is -0.694. The first-order valence-electron chi connectivity index (χ1n) is 13.8. The van der Waals surface area contributed by atoms with E-state index in [0.29, 0.717) is 48.8 Å². The Morgan fingerprint density at radius 1 is 1.05 bits per heavy atom. The van der Waals surface area contributed by atoms with Gasteiger partial charge in [-0.05, 0) is 81.3 Å². The smallest absolute Gasteiger partial charge is 0.338 e. The van der Waals surface area contributed by atoms with Crippen molar-refractivity contribution in [3.05, 3.63) is 124 Å². The van der Waals surface area contributed by atoms with Gasteiger partial charge in [0.2, 0.25) is 0 Å². The number of aromatic nitrogens is 1. The molecule has 0 aliphatic carbocycles. The van der Waals surface area contributed by atoms with Crippen LogP contribution in [0.15, 0.2) is 87.8 Å². The molecule has 0 saturated heterocycles. The average molecular weight is 638 g/mol. The van der Waals surface area contributed by atoms with E-state index in [1.807, 2.05) is 74.5 Å². The van der Waals surface area contributed by atoms with E-state index in [2.05, 4.69) is 4.99 Å². The molecule has 0 saturated carbocycles. The second-order valence-corrected chi connectivity index (χ2v) is 12.0. The van der Waals surface area contributed by atoms with E-state index in [1.54, 1.807) is 30.5 Å². The van der Waals surface area contributed by atoms with Gasteiger partial charge in [-0.2, -0.15) is 0 Å². The Morgan fingerprint density at radius 2 is 1.74 bits per heavy atom. The number of thiazole rings is 1. The number of rotatable bonds is 9. The number of carbonyl (C=O) groups excluding carboxylic acids is 1. The molecule has 0 spiro atoms. The predicted octanol–water partition coefficient (Wildman–Crippen LogP) is 6.47. The van der Waals surface area contributed by atoms with Gasteiger partial charge in [0.25, 0.3) is 5.56 Å². The van der Waals surface area contributed by atoms with Gasteiger partial charge in [0.05, 0.1) is 34.6 Å². The summed E-state index contributed by atoms with van der Waals surface area (Å²) < 4.78 is 19.1. The van der Waals surface area contributed by atoms with Gasteiger partial charge in [-0.3, -0.25) is 9.36 Å². The van der Waals surface area contributed by atoms with E-state index in [4.69, 9.17) is 37.4 Å². The summed E-state index contributed by atoms with van der Waals surface area (Å²) in [6.45, 7) is 7.92. The number of hydrogen-bond donors (Lipinski definition) is 0. The molecular weight excluding hydrogens is 607 g/mol. The van der Waals surface area contributed by atoms with E-state index < -0.39 is 12.0 Å². The molecule has 0 N–H and O–H groups in total. The fourth-order valence-electron chi connectivity index (χ4n) is 4.72. The maximum Gasteiger partial charge on any atom is 0.338 e. The third-order valence-corrected chi connectivity index (χ3v) is 8.24. The van der Waals surface area contributed by atoms with E-state index in [-0.39, 0.29) is 18.3 Å². The van der Waals surface area contributed by atoms with Gasteiger partial charge in [-0.1, -0.05) is 64.9 Å². The lowest BCUT2D eigenvalue weighted by Crippen LogP contribution is -2.39. The quantitative estimate of drug-likeness (QED) is 0.197. The van der Waals surface area contributed by atoms with Crippen LogP contribution in [-0.2, 0) is 16.1 Å². The molecule has 222 valence electrons. The number of benzene rings is 3. The number of ether oxygens (including phenoxy) is 3. The average Bonchev–Trinajstić information content (AvgIpc) is 3.26. The zero-order valence-corrected chi connectivity index (χ0v) is 26.4. The van der Waals surface area contributed by atoms with Crippen molar-refractivity contribution in [1.29, 1.82) is 0 Å². The molecule has 1 aromatic heterocycles. The van der Waals surface area contributed by atoms with Crippen LogP contribution < -0.4 is 24.4 Å². The summed E-state index contributed by atoms with van der Waals surface area (Å²) in [5.41, 5.74) is 2.99. The zero-order chi connectivity index (χ0) is 30.7. The fraction of sp³-hybridized carbons (Fsp3) is 0.242. The molecule has 1 aliphatic heterocycles. The lowest BCUT2D eigenvalue weighted by Gasteiger charge is -2.25. The highest BCUT2D eigenvalue weighted by Gasteiger charge is 2.33. The SMILES string of the molecule is CCOC(=O)C1=C(C)N=c2s/c(=C\c3ccc(OCc4ccc(Cl)cc4Cl)cc3)c(=O)n2[C@@H]1c1ccc(OC(C)C)cc1. The predicted molar refractivity (Wildman–Crippen MR) is 170 cm³/mol. The Bertz CT molecular complexity index is 1860. The van der Waals surface area contributed by atoms with E-state index in [9.17, 15) is 9.59 Å². The topological polar surface area (TPSA) is 79.1 Å². The van der Waals surface area contributed by atoms with Gasteiger partial charge in [0.15, 0.2) is 4.80 Å². The van der Waals surface area contributed by atoms with Crippen molar-refractivity contribution in [1.82, 2.24) is 4.57 Å². The van der Waals surface area contributed by atoms with E-state index >= 15 is 0 Å². The van der Waals surface area contributed by atoms with Crippen LogP contribution in [0.5, 0.6) is 11.5 Å². The summed E-state index contributed by atoms with van der Waals surface area (Å²) in [5.74, 6) is 0.860. The van der Waals surface area contributed by atoms with Crippen LogP contribution in [0.1, 0.15) is 50.4 Å². The first-order chi connectivity index (χ1) is 20.6. The zero-order valence-electron chi connectivity index (χ0n) is 24.1. The number of nitrogens with zero attached hydrogens (tertiary/aromatic N) is 2. The number of carbonyl (C=O) groups is 1. The Kier molecular flexibility index (Phi) is 9.40. The van der Waals surface area contributed by atoms with Crippen LogP contribution in [0.4, 0.5) is 0 Å². The minimum absolute atomic E-state index is 0.0170. The van der Waals surface area contributed by atoms with E-state index in [1.165, 1.54) is 11.3 Å². The summed E-state index contributed by atoms with van der Waals surface area (Å²) in [6, 6.07) is 19.4. The molecule has 1 atom stereocenters. The molecule has 0 bridgehead atoms. The van der Waals surface area contributed by atoms with Crippen molar-refractivity contribution >= 4 is 46.6 Å². The third-order valence-electron chi connectivity index (χ3n) is 6.67. The molecule has 0 fully saturated rings. The fourth-order valence-corrected chi connectivity index (χ4v) is 6.23. The van der Waals surface area contributed by atoms with Crippen LogP contribution in [-0.4, -0.2) is 23.2 Å². The van der Waals surface area contributed by atoms with Gasteiger partial charge < -0.3 is 14.2 Å². The molecule has 0 unspecified atom stereocenters. The molecule has 10 heteroatoms. The first kappa shape index (κ1) is 30.6. The minimum Gasteiger partial charge on any atom is -0.491 e. The third kappa shape index (κ3) is 6.88.